The number of rotatable bonds is 3. The Kier molecular flexibility index (Phi) is 5.82. The molecule has 0 aliphatic heterocycles. The van der Waals surface area contributed by atoms with Gasteiger partial charge in [0.15, 0.2) is 0 Å². The second kappa shape index (κ2) is 7.25. The summed E-state index contributed by atoms with van der Waals surface area (Å²) in [7, 11) is 0. The van der Waals surface area contributed by atoms with E-state index in [1.165, 1.54) is 0 Å². The molecule has 2 rings (SSSR count). The molecule has 1 amide bonds. The van der Waals surface area contributed by atoms with Crippen molar-refractivity contribution < 1.29 is 9.53 Å². The molecule has 122 valence electrons. The van der Waals surface area contributed by atoms with Crippen LogP contribution in [0.4, 0.5) is 10.5 Å². The van der Waals surface area contributed by atoms with E-state index >= 15 is 0 Å². The van der Waals surface area contributed by atoms with Gasteiger partial charge in [-0.25, -0.2) is 4.79 Å². The Labute approximate surface area is 150 Å². The lowest BCUT2D eigenvalue weighted by molar-refractivity contribution is 0.0505. The number of hydrogen-bond acceptors (Lipinski definition) is 3. The van der Waals surface area contributed by atoms with Gasteiger partial charge in [-0.05, 0) is 80.8 Å². The summed E-state index contributed by atoms with van der Waals surface area (Å²) in [5.74, 6) is 0. The molecule has 0 bridgehead atoms. The first-order valence-corrected chi connectivity index (χ1v) is 8.90. The van der Waals surface area contributed by atoms with Gasteiger partial charge in [-0.2, -0.15) is 0 Å². The van der Waals surface area contributed by atoms with E-state index < -0.39 is 5.60 Å². The highest BCUT2D eigenvalue weighted by atomic mass is 127. The fraction of sp³-hybridized carbons (Fsp3) is 0.562. The Morgan fingerprint density at radius 1 is 1.32 bits per heavy atom. The smallest absolute Gasteiger partial charge is 0.407 e. The first kappa shape index (κ1) is 17.7. The predicted molar refractivity (Wildman–Crippen MR) is 98.6 cm³/mol. The second-order valence-electron chi connectivity index (χ2n) is 6.62. The molecule has 2 atom stereocenters. The van der Waals surface area contributed by atoms with Crippen LogP contribution in [-0.4, -0.2) is 23.8 Å². The van der Waals surface area contributed by atoms with E-state index in [1.807, 2.05) is 39.0 Å². The number of carbonyl (C=O) groups excluding carboxylic acids is 1. The summed E-state index contributed by atoms with van der Waals surface area (Å²) >= 11 is 8.48. The van der Waals surface area contributed by atoms with Gasteiger partial charge in [0.25, 0.3) is 0 Å². The Balaban J connectivity index is 1.84. The van der Waals surface area contributed by atoms with Crippen molar-refractivity contribution in [1.29, 1.82) is 0 Å². The van der Waals surface area contributed by atoms with Crippen molar-refractivity contribution in [2.24, 2.45) is 0 Å². The zero-order valence-electron chi connectivity index (χ0n) is 13.1. The van der Waals surface area contributed by atoms with Gasteiger partial charge in [-0.1, -0.05) is 11.6 Å². The lowest BCUT2D eigenvalue weighted by atomic mass is 10.2. The number of nitrogens with one attached hydrogen (secondary N) is 2. The van der Waals surface area contributed by atoms with E-state index in [2.05, 4.69) is 33.2 Å². The average Bonchev–Trinajstić information content (AvgIpc) is 2.77. The molecule has 1 aliphatic rings. The van der Waals surface area contributed by atoms with Crippen LogP contribution in [0, 0.1) is 3.57 Å². The van der Waals surface area contributed by atoms with Gasteiger partial charge in [0.1, 0.15) is 5.60 Å². The Hall–Kier alpha value is -0.690. The summed E-state index contributed by atoms with van der Waals surface area (Å²) in [5.41, 5.74) is 0.486. The molecule has 1 aromatic carbocycles. The van der Waals surface area contributed by atoms with Crippen LogP contribution in [0.15, 0.2) is 18.2 Å². The van der Waals surface area contributed by atoms with Gasteiger partial charge >= 0.3 is 6.09 Å². The fourth-order valence-electron chi connectivity index (χ4n) is 2.54. The third-order valence-corrected chi connectivity index (χ3v) is 4.43. The molecule has 0 saturated heterocycles. The van der Waals surface area contributed by atoms with Crippen LogP contribution in [0.2, 0.25) is 5.02 Å². The van der Waals surface area contributed by atoms with E-state index in [4.69, 9.17) is 16.3 Å². The van der Waals surface area contributed by atoms with Crippen molar-refractivity contribution in [2.45, 2.75) is 57.7 Å². The summed E-state index contributed by atoms with van der Waals surface area (Å²) in [4.78, 5) is 11.8. The maximum atomic E-state index is 11.8. The summed E-state index contributed by atoms with van der Waals surface area (Å²) in [5, 5.41) is 7.13. The molecular formula is C16H22ClIN2O2. The zero-order chi connectivity index (χ0) is 16.3. The van der Waals surface area contributed by atoms with Crippen molar-refractivity contribution in [2.75, 3.05) is 5.32 Å². The Bertz CT molecular complexity index is 545. The minimum atomic E-state index is -0.463. The number of halogens is 2. The number of alkyl carbamates (subject to hydrolysis) is 1. The average molecular weight is 437 g/mol. The normalized spacial score (nSPS) is 21.5. The SMILES string of the molecule is CC(C)(C)OC(=O)NC1CCC(Nc2ccc(I)cc2Cl)C1. The van der Waals surface area contributed by atoms with Crippen LogP contribution in [0.5, 0.6) is 0 Å². The largest absolute Gasteiger partial charge is 0.444 e. The molecule has 2 unspecified atom stereocenters. The van der Waals surface area contributed by atoms with Crippen LogP contribution in [0.1, 0.15) is 40.0 Å². The lowest BCUT2D eigenvalue weighted by Gasteiger charge is -2.22. The zero-order valence-corrected chi connectivity index (χ0v) is 16.0. The van der Waals surface area contributed by atoms with Gasteiger partial charge in [0.05, 0.1) is 10.7 Å². The highest BCUT2D eigenvalue weighted by Gasteiger charge is 2.27. The fourth-order valence-corrected chi connectivity index (χ4v) is 3.45. The summed E-state index contributed by atoms with van der Waals surface area (Å²) < 4.78 is 6.41. The number of amides is 1. The second-order valence-corrected chi connectivity index (χ2v) is 8.27. The van der Waals surface area contributed by atoms with Crippen molar-refractivity contribution in [3.05, 3.63) is 26.8 Å². The van der Waals surface area contributed by atoms with Gasteiger partial charge in [-0.3, -0.25) is 0 Å². The molecule has 0 radical (unpaired) electrons. The van der Waals surface area contributed by atoms with Gasteiger partial charge in [0, 0.05) is 15.7 Å². The summed E-state index contributed by atoms with van der Waals surface area (Å²) in [6, 6.07) is 6.43. The van der Waals surface area contributed by atoms with Crippen molar-refractivity contribution >= 4 is 46.0 Å². The summed E-state index contributed by atoms with van der Waals surface area (Å²) in [6.07, 6.45) is 2.48. The third-order valence-electron chi connectivity index (χ3n) is 3.44. The number of carbonyl (C=O) groups is 1. The molecule has 2 N–H and O–H groups in total. The Morgan fingerprint density at radius 3 is 2.64 bits per heavy atom. The topological polar surface area (TPSA) is 50.4 Å². The monoisotopic (exact) mass is 436 g/mol. The predicted octanol–water partition coefficient (Wildman–Crippen LogP) is 4.80. The highest BCUT2D eigenvalue weighted by Crippen LogP contribution is 2.28. The maximum absolute atomic E-state index is 11.8. The molecule has 1 fully saturated rings. The first-order chi connectivity index (χ1) is 10.2. The molecule has 1 saturated carbocycles. The van der Waals surface area contributed by atoms with E-state index in [-0.39, 0.29) is 12.1 Å². The van der Waals surface area contributed by atoms with Gasteiger partial charge in [-0.15, -0.1) is 0 Å². The molecule has 0 spiro atoms. The van der Waals surface area contributed by atoms with Gasteiger partial charge < -0.3 is 15.4 Å². The molecule has 0 aromatic heterocycles. The van der Waals surface area contributed by atoms with E-state index in [0.29, 0.717) is 6.04 Å². The van der Waals surface area contributed by atoms with Crippen LogP contribution in [-0.2, 0) is 4.74 Å². The lowest BCUT2D eigenvalue weighted by Crippen LogP contribution is -2.38. The standard InChI is InChI=1S/C16H22ClIN2O2/c1-16(2,3)22-15(21)20-12-6-5-11(9-12)19-14-7-4-10(18)8-13(14)17/h4,7-8,11-12,19H,5-6,9H2,1-3H3,(H,20,21). The molecular weight excluding hydrogens is 415 g/mol. The van der Waals surface area contributed by atoms with Crippen LogP contribution >= 0.6 is 34.2 Å². The van der Waals surface area contributed by atoms with Crippen LogP contribution in [0.3, 0.4) is 0 Å². The number of hydrogen-bond donors (Lipinski definition) is 2. The highest BCUT2D eigenvalue weighted by molar-refractivity contribution is 14.1. The number of benzene rings is 1. The number of anilines is 1. The minimum Gasteiger partial charge on any atom is -0.444 e. The minimum absolute atomic E-state index is 0.148. The van der Waals surface area contributed by atoms with E-state index in [9.17, 15) is 4.79 Å². The quantitative estimate of drug-likeness (QED) is 0.669. The van der Waals surface area contributed by atoms with E-state index in [0.717, 1.165) is 33.5 Å². The molecule has 22 heavy (non-hydrogen) atoms. The first-order valence-electron chi connectivity index (χ1n) is 7.44. The molecule has 1 aromatic rings. The molecule has 0 heterocycles. The molecule has 4 nitrogen and oxygen atoms in total. The van der Waals surface area contributed by atoms with Crippen LogP contribution < -0.4 is 10.6 Å². The third kappa shape index (κ3) is 5.50. The molecule has 6 heteroatoms. The maximum Gasteiger partial charge on any atom is 0.407 e. The molecule has 1 aliphatic carbocycles. The summed E-state index contributed by atoms with van der Waals surface area (Å²) in [6.45, 7) is 5.60. The van der Waals surface area contributed by atoms with E-state index in [1.54, 1.807) is 0 Å². The number of ether oxygens (including phenoxy) is 1. The van der Waals surface area contributed by atoms with Crippen LogP contribution in [0.25, 0.3) is 0 Å². The van der Waals surface area contributed by atoms with Gasteiger partial charge in [0.2, 0.25) is 0 Å². The van der Waals surface area contributed by atoms with Crippen molar-refractivity contribution in [3.63, 3.8) is 0 Å². The van der Waals surface area contributed by atoms with Crippen molar-refractivity contribution in [1.82, 2.24) is 5.32 Å². The van der Waals surface area contributed by atoms with Crippen molar-refractivity contribution in [3.8, 4) is 0 Å². The Morgan fingerprint density at radius 2 is 2.00 bits per heavy atom.